The van der Waals surface area contributed by atoms with Gasteiger partial charge >= 0.3 is 5.97 Å². The van der Waals surface area contributed by atoms with E-state index in [1.807, 2.05) is 27.7 Å². The highest BCUT2D eigenvalue weighted by Gasteiger charge is 2.31. The van der Waals surface area contributed by atoms with Crippen LogP contribution in [0.1, 0.15) is 40.3 Å². The van der Waals surface area contributed by atoms with Gasteiger partial charge in [0, 0.05) is 24.3 Å². The SMILES string of the molecule is CCN(C(C)=O)c1nc(/C=C2\N=C(C(C)(C)C)OC2=O)cs1. The Bertz CT molecular complexity index is 668. The zero-order valence-corrected chi connectivity index (χ0v) is 14.2. The van der Waals surface area contributed by atoms with Crippen LogP contribution in [0.25, 0.3) is 6.08 Å². The molecule has 2 rings (SSSR count). The Morgan fingerprint density at radius 3 is 2.64 bits per heavy atom. The maximum absolute atomic E-state index is 11.8. The predicted octanol–water partition coefficient (Wildman–Crippen LogP) is 2.86. The molecule has 0 bridgehead atoms. The molecule has 118 valence electrons. The van der Waals surface area contributed by atoms with Gasteiger partial charge in [0.2, 0.25) is 11.8 Å². The van der Waals surface area contributed by atoms with Gasteiger partial charge in [-0.25, -0.2) is 14.8 Å². The summed E-state index contributed by atoms with van der Waals surface area (Å²) in [6, 6.07) is 0. The van der Waals surface area contributed by atoms with Gasteiger partial charge in [-0.3, -0.25) is 9.69 Å². The molecule has 1 aliphatic heterocycles. The van der Waals surface area contributed by atoms with Gasteiger partial charge < -0.3 is 4.74 Å². The van der Waals surface area contributed by atoms with Crippen LogP contribution < -0.4 is 4.90 Å². The first-order chi connectivity index (χ1) is 10.2. The van der Waals surface area contributed by atoms with E-state index in [0.717, 1.165) is 0 Å². The number of hydrogen-bond donors (Lipinski definition) is 0. The second kappa shape index (κ2) is 6.00. The van der Waals surface area contributed by atoms with Crippen LogP contribution in [0.5, 0.6) is 0 Å². The maximum Gasteiger partial charge on any atom is 0.363 e. The summed E-state index contributed by atoms with van der Waals surface area (Å²) in [7, 11) is 0. The van der Waals surface area contributed by atoms with Gasteiger partial charge in [-0.05, 0) is 13.0 Å². The van der Waals surface area contributed by atoms with E-state index in [4.69, 9.17) is 4.74 Å². The molecule has 0 fully saturated rings. The number of nitrogens with zero attached hydrogens (tertiary/aromatic N) is 3. The minimum Gasteiger partial charge on any atom is -0.406 e. The number of hydrogen-bond acceptors (Lipinski definition) is 6. The molecular weight excluding hydrogens is 302 g/mol. The lowest BCUT2D eigenvalue weighted by Gasteiger charge is -2.15. The van der Waals surface area contributed by atoms with Crippen molar-refractivity contribution in [2.45, 2.75) is 34.6 Å². The van der Waals surface area contributed by atoms with E-state index in [2.05, 4.69) is 9.98 Å². The molecule has 0 atom stereocenters. The molecule has 0 aromatic carbocycles. The monoisotopic (exact) mass is 321 g/mol. The van der Waals surface area contributed by atoms with Crippen LogP contribution >= 0.6 is 11.3 Å². The molecule has 0 unspecified atom stereocenters. The number of ether oxygens (including phenoxy) is 1. The third-order valence-corrected chi connectivity index (χ3v) is 3.87. The highest BCUT2D eigenvalue weighted by Crippen LogP contribution is 2.27. The van der Waals surface area contributed by atoms with Gasteiger partial charge in [0.25, 0.3) is 0 Å². The Morgan fingerprint density at radius 1 is 1.45 bits per heavy atom. The second-order valence-electron chi connectivity index (χ2n) is 5.90. The van der Waals surface area contributed by atoms with Gasteiger partial charge in [0.1, 0.15) is 0 Å². The number of anilines is 1. The minimum absolute atomic E-state index is 0.0654. The van der Waals surface area contributed by atoms with Crippen LogP contribution in [-0.2, 0) is 14.3 Å². The summed E-state index contributed by atoms with van der Waals surface area (Å²) in [5, 5.41) is 2.39. The van der Waals surface area contributed by atoms with Crippen molar-refractivity contribution in [3.05, 3.63) is 16.8 Å². The quantitative estimate of drug-likeness (QED) is 0.634. The van der Waals surface area contributed by atoms with Gasteiger partial charge in [0.05, 0.1) is 5.69 Å². The van der Waals surface area contributed by atoms with E-state index in [1.165, 1.54) is 18.3 Å². The van der Waals surface area contributed by atoms with Crippen molar-refractivity contribution in [2.75, 3.05) is 11.4 Å². The number of aromatic nitrogens is 1. The van der Waals surface area contributed by atoms with Crippen molar-refractivity contribution < 1.29 is 14.3 Å². The number of carbonyl (C=O) groups excluding carboxylic acids is 2. The topological polar surface area (TPSA) is 71.9 Å². The fraction of sp³-hybridized carbons (Fsp3) is 0.467. The molecule has 1 aliphatic rings. The summed E-state index contributed by atoms with van der Waals surface area (Å²) in [6.45, 7) is 9.71. The highest BCUT2D eigenvalue weighted by molar-refractivity contribution is 7.14. The maximum atomic E-state index is 11.8. The van der Waals surface area contributed by atoms with Crippen LogP contribution in [0.2, 0.25) is 0 Å². The number of cyclic esters (lactones) is 1. The summed E-state index contributed by atoms with van der Waals surface area (Å²) in [5.74, 6) is -0.138. The Morgan fingerprint density at radius 2 is 2.14 bits per heavy atom. The molecule has 0 aliphatic carbocycles. The molecule has 0 saturated carbocycles. The summed E-state index contributed by atoms with van der Waals surface area (Å²) in [4.78, 5) is 33.5. The van der Waals surface area contributed by atoms with Crippen molar-refractivity contribution in [2.24, 2.45) is 10.4 Å². The fourth-order valence-electron chi connectivity index (χ4n) is 1.83. The number of carbonyl (C=O) groups is 2. The number of esters is 1. The van der Waals surface area contributed by atoms with E-state index in [-0.39, 0.29) is 17.0 Å². The summed E-state index contributed by atoms with van der Waals surface area (Å²) in [6.07, 6.45) is 1.58. The third-order valence-electron chi connectivity index (χ3n) is 2.98. The van der Waals surface area contributed by atoms with Crippen molar-refractivity contribution in [3.8, 4) is 0 Å². The lowest BCUT2D eigenvalue weighted by molar-refractivity contribution is -0.130. The number of thiazole rings is 1. The van der Waals surface area contributed by atoms with Gasteiger partial charge in [-0.2, -0.15) is 0 Å². The normalized spacial score (nSPS) is 16.7. The summed E-state index contributed by atoms with van der Waals surface area (Å²) < 4.78 is 5.18. The van der Waals surface area contributed by atoms with Crippen molar-refractivity contribution in [3.63, 3.8) is 0 Å². The largest absolute Gasteiger partial charge is 0.406 e. The zero-order valence-electron chi connectivity index (χ0n) is 13.3. The first kappa shape index (κ1) is 16.4. The molecule has 2 heterocycles. The Kier molecular flexibility index (Phi) is 4.46. The second-order valence-corrected chi connectivity index (χ2v) is 6.74. The van der Waals surface area contributed by atoms with Crippen LogP contribution in [0.15, 0.2) is 16.1 Å². The van der Waals surface area contributed by atoms with Crippen LogP contribution in [0, 0.1) is 5.41 Å². The molecule has 0 saturated heterocycles. The Hall–Kier alpha value is -2.02. The average molecular weight is 321 g/mol. The third kappa shape index (κ3) is 3.41. The molecule has 1 aromatic heterocycles. The van der Waals surface area contributed by atoms with E-state index in [0.29, 0.717) is 23.3 Å². The van der Waals surface area contributed by atoms with Gasteiger partial charge in [-0.15, -0.1) is 11.3 Å². The van der Waals surface area contributed by atoms with E-state index in [9.17, 15) is 9.59 Å². The first-order valence-corrected chi connectivity index (χ1v) is 7.87. The standard InChI is InChI=1S/C15H19N3O3S/c1-6-18(9(2)19)14-16-10(8-22-14)7-11-12(20)21-13(17-11)15(3,4)5/h7-8H,6H2,1-5H3/b11-7-. The highest BCUT2D eigenvalue weighted by atomic mass is 32.1. The molecule has 6 nitrogen and oxygen atoms in total. The van der Waals surface area contributed by atoms with Crippen molar-refractivity contribution in [1.29, 1.82) is 0 Å². The van der Waals surface area contributed by atoms with Crippen LogP contribution in [0.3, 0.4) is 0 Å². The van der Waals surface area contributed by atoms with Gasteiger partial charge in [0.15, 0.2) is 10.8 Å². The number of aliphatic imine (C=N–C) groups is 1. The molecule has 7 heteroatoms. The first-order valence-electron chi connectivity index (χ1n) is 6.99. The van der Waals surface area contributed by atoms with Crippen LogP contribution in [0.4, 0.5) is 5.13 Å². The van der Waals surface area contributed by atoms with Crippen LogP contribution in [-0.4, -0.2) is 29.3 Å². The number of rotatable bonds is 3. The molecule has 1 aromatic rings. The molecular formula is C15H19N3O3S. The predicted molar refractivity (Wildman–Crippen MR) is 86.8 cm³/mol. The average Bonchev–Trinajstić information content (AvgIpc) is 2.98. The Balaban J connectivity index is 2.27. The molecule has 0 radical (unpaired) electrons. The number of amides is 1. The van der Waals surface area contributed by atoms with Crippen molar-refractivity contribution in [1.82, 2.24) is 4.98 Å². The smallest absolute Gasteiger partial charge is 0.363 e. The molecule has 22 heavy (non-hydrogen) atoms. The van der Waals surface area contributed by atoms with E-state index >= 15 is 0 Å². The fourth-order valence-corrected chi connectivity index (χ4v) is 2.72. The molecule has 0 spiro atoms. The van der Waals surface area contributed by atoms with Gasteiger partial charge in [-0.1, -0.05) is 20.8 Å². The minimum atomic E-state index is -0.474. The Labute approximate surface area is 133 Å². The van der Waals surface area contributed by atoms with Crippen molar-refractivity contribution >= 4 is 40.3 Å². The molecule has 1 amide bonds. The summed E-state index contributed by atoms with van der Waals surface area (Å²) >= 11 is 1.35. The molecule has 0 N–H and O–H groups in total. The summed E-state index contributed by atoms with van der Waals surface area (Å²) in [5.41, 5.74) is 0.491. The van der Waals surface area contributed by atoms with E-state index in [1.54, 1.807) is 16.4 Å². The lowest BCUT2D eigenvalue weighted by Crippen LogP contribution is -2.27. The van der Waals surface area contributed by atoms with E-state index < -0.39 is 5.97 Å². The zero-order chi connectivity index (χ0) is 16.5. The lowest BCUT2D eigenvalue weighted by atomic mass is 9.97.